The predicted molar refractivity (Wildman–Crippen MR) is 96.2 cm³/mol. The van der Waals surface area contributed by atoms with Crippen molar-refractivity contribution in [2.45, 2.75) is 43.8 Å². The highest BCUT2D eigenvalue weighted by Gasteiger charge is 2.54. The van der Waals surface area contributed by atoms with Crippen LogP contribution >= 0.6 is 0 Å². The van der Waals surface area contributed by atoms with Gasteiger partial charge in [-0.2, -0.15) is 17.2 Å². The van der Waals surface area contributed by atoms with Gasteiger partial charge in [0.05, 0.1) is 12.0 Å². The van der Waals surface area contributed by atoms with E-state index in [4.69, 9.17) is 9.66 Å². The third kappa shape index (κ3) is 5.22. The summed E-state index contributed by atoms with van der Waals surface area (Å²) < 4.78 is 60.2. The molecule has 0 aliphatic rings. The van der Waals surface area contributed by atoms with Crippen molar-refractivity contribution < 1.29 is 41.5 Å². The van der Waals surface area contributed by atoms with E-state index < -0.39 is 39.7 Å². The molecule has 3 N–H and O–H groups in total. The molecule has 2 aromatic rings. The van der Waals surface area contributed by atoms with Crippen LogP contribution in [0, 0.1) is 0 Å². The van der Waals surface area contributed by atoms with Crippen LogP contribution in [0.2, 0.25) is 0 Å². The molecule has 0 aliphatic carbocycles. The van der Waals surface area contributed by atoms with Crippen molar-refractivity contribution in [1.29, 1.82) is 0 Å². The normalized spacial score (nSPS) is 14.1. The average molecular weight is 418 g/mol. The number of aliphatic hydroxyl groups excluding tert-OH is 1. The minimum absolute atomic E-state index is 0.395. The molecule has 2 rings (SSSR count). The molecule has 0 heterocycles. The first-order valence-electron chi connectivity index (χ1n) is 8.16. The number of hydrogen-bond acceptors (Lipinski definition) is 6. The van der Waals surface area contributed by atoms with Crippen LogP contribution < -0.4 is 0 Å². The largest absolute Gasteiger partial charge is 0.430 e. The van der Waals surface area contributed by atoms with Crippen molar-refractivity contribution >= 4 is 26.9 Å². The molecular formula is C18H20F2O7S. The Bertz CT molecular complexity index is 981. The smallest absolute Gasteiger partial charge is 0.428 e. The molecular weight excluding hydrogens is 398 g/mol. The minimum Gasteiger partial charge on any atom is -0.428 e. The van der Waals surface area contributed by atoms with Crippen molar-refractivity contribution in [2.24, 2.45) is 0 Å². The predicted octanol–water partition coefficient (Wildman–Crippen LogP) is 2.04. The Balaban J connectivity index is 2.21. The summed E-state index contributed by atoms with van der Waals surface area (Å²) >= 11 is 0. The van der Waals surface area contributed by atoms with Crippen molar-refractivity contribution in [3.8, 4) is 0 Å². The van der Waals surface area contributed by atoms with Gasteiger partial charge in [-0.05, 0) is 35.7 Å². The highest BCUT2D eigenvalue weighted by atomic mass is 32.2. The summed E-state index contributed by atoms with van der Waals surface area (Å²) in [6.07, 6.45) is -3.46. The Kier molecular flexibility index (Phi) is 6.10. The van der Waals surface area contributed by atoms with E-state index in [2.05, 4.69) is 4.74 Å². The van der Waals surface area contributed by atoms with Gasteiger partial charge in [-0.15, -0.1) is 0 Å². The summed E-state index contributed by atoms with van der Waals surface area (Å²) in [5.41, 5.74) is 0.339. The second-order valence-electron chi connectivity index (χ2n) is 7.02. The summed E-state index contributed by atoms with van der Waals surface area (Å²) in [5.74, 6) is -1.30. The number of hydrogen-bond donors (Lipinski definition) is 3. The van der Waals surface area contributed by atoms with Gasteiger partial charge >= 0.3 is 21.3 Å². The van der Waals surface area contributed by atoms with E-state index >= 15 is 0 Å². The van der Waals surface area contributed by atoms with Crippen LogP contribution in [0.4, 0.5) is 8.78 Å². The van der Waals surface area contributed by atoms with E-state index in [-0.39, 0.29) is 0 Å². The van der Waals surface area contributed by atoms with Gasteiger partial charge in [0.25, 0.3) is 6.29 Å². The van der Waals surface area contributed by atoms with Crippen molar-refractivity contribution in [2.75, 3.05) is 0 Å². The molecule has 0 aliphatic heterocycles. The molecule has 0 saturated carbocycles. The zero-order valence-corrected chi connectivity index (χ0v) is 15.9. The summed E-state index contributed by atoms with van der Waals surface area (Å²) in [6.45, 7) is 3.33. The molecule has 0 fully saturated rings. The summed E-state index contributed by atoms with van der Waals surface area (Å²) in [4.78, 5) is 11.9. The fourth-order valence-corrected chi connectivity index (χ4v) is 2.98. The maximum atomic E-state index is 13.3. The molecule has 0 amide bonds. The topological polar surface area (TPSA) is 121 Å². The number of carbonyl (C=O) groups excluding carboxylic acids is 1. The Morgan fingerprint density at radius 3 is 2.43 bits per heavy atom. The first-order valence-corrected chi connectivity index (χ1v) is 9.60. The maximum Gasteiger partial charge on any atom is 0.430 e. The lowest BCUT2D eigenvalue weighted by molar-refractivity contribution is -0.204. The molecule has 2 aromatic carbocycles. The van der Waals surface area contributed by atoms with Gasteiger partial charge in [0.1, 0.15) is 0 Å². The molecule has 0 radical (unpaired) electrons. The van der Waals surface area contributed by atoms with E-state index in [1.165, 1.54) is 0 Å². The van der Waals surface area contributed by atoms with Crippen LogP contribution in [0.1, 0.15) is 25.0 Å². The lowest BCUT2D eigenvalue weighted by atomic mass is 9.94. The molecule has 28 heavy (non-hydrogen) atoms. The van der Waals surface area contributed by atoms with Crippen LogP contribution in [0.25, 0.3) is 10.8 Å². The van der Waals surface area contributed by atoms with Crippen LogP contribution in [0.15, 0.2) is 36.4 Å². The maximum absolute atomic E-state index is 13.3. The highest BCUT2D eigenvalue weighted by Crippen LogP contribution is 2.27. The molecule has 154 valence electrons. The number of fused-ring (bicyclic) bond motifs is 1. The summed E-state index contributed by atoms with van der Waals surface area (Å²) in [6, 6.07) is 10.2. The average Bonchev–Trinajstić information content (AvgIpc) is 2.52. The fraction of sp³-hybridized carbons (Fsp3) is 0.389. The third-order valence-electron chi connectivity index (χ3n) is 3.88. The van der Waals surface area contributed by atoms with Gasteiger partial charge < -0.3 is 14.9 Å². The van der Waals surface area contributed by atoms with Crippen molar-refractivity contribution in [1.82, 2.24) is 0 Å². The number of aliphatic hydroxyl groups is 2. The van der Waals surface area contributed by atoms with E-state index in [0.717, 1.165) is 10.9 Å². The number of alkyl halides is 2. The first-order chi connectivity index (χ1) is 12.7. The van der Waals surface area contributed by atoms with Gasteiger partial charge in [0.15, 0.2) is 0 Å². The lowest BCUT2D eigenvalue weighted by Crippen LogP contribution is -2.43. The van der Waals surface area contributed by atoms with E-state index in [0.29, 0.717) is 17.4 Å². The second-order valence-corrected chi connectivity index (χ2v) is 8.51. The third-order valence-corrected chi connectivity index (χ3v) is 4.77. The number of carbonyl (C=O) groups is 1. The molecule has 0 spiro atoms. The van der Waals surface area contributed by atoms with Gasteiger partial charge in [0.2, 0.25) is 0 Å². The summed E-state index contributed by atoms with van der Waals surface area (Å²) in [5, 5.41) is 15.4. The van der Waals surface area contributed by atoms with Crippen LogP contribution in [0.5, 0.6) is 0 Å². The van der Waals surface area contributed by atoms with E-state index in [1.54, 1.807) is 44.2 Å². The molecule has 0 aromatic heterocycles. The van der Waals surface area contributed by atoms with Crippen LogP contribution in [0.3, 0.4) is 0 Å². The molecule has 1 unspecified atom stereocenters. The van der Waals surface area contributed by atoms with Gasteiger partial charge in [-0.3, -0.25) is 9.35 Å². The number of benzene rings is 2. The Morgan fingerprint density at radius 1 is 1.21 bits per heavy atom. The van der Waals surface area contributed by atoms with E-state index in [9.17, 15) is 27.1 Å². The van der Waals surface area contributed by atoms with E-state index in [1.807, 2.05) is 6.07 Å². The van der Waals surface area contributed by atoms with Gasteiger partial charge in [-0.1, -0.05) is 36.4 Å². The number of esters is 1. The molecule has 10 heteroatoms. The fourth-order valence-electron chi connectivity index (χ4n) is 2.68. The molecule has 1 atom stereocenters. The Hall–Kier alpha value is -2.14. The highest BCUT2D eigenvalue weighted by molar-refractivity contribution is 7.86. The monoisotopic (exact) mass is 418 g/mol. The molecule has 0 bridgehead atoms. The SMILES string of the molecule is CC(C)(O)Cc1ccc2c(CC(=O)OC(O)C(F)(F)S(=O)(=O)O)cccc2c1. The quantitative estimate of drug-likeness (QED) is 0.357. The van der Waals surface area contributed by atoms with Crippen molar-refractivity contribution in [3.63, 3.8) is 0 Å². The van der Waals surface area contributed by atoms with Crippen LogP contribution in [-0.4, -0.2) is 46.3 Å². The summed E-state index contributed by atoms with van der Waals surface area (Å²) in [7, 11) is -5.96. The van der Waals surface area contributed by atoms with Crippen LogP contribution in [-0.2, 0) is 32.5 Å². The molecule has 7 nitrogen and oxygen atoms in total. The van der Waals surface area contributed by atoms with Gasteiger partial charge in [-0.25, -0.2) is 0 Å². The molecule has 0 saturated heterocycles. The minimum atomic E-state index is -5.96. The number of ether oxygens (including phenoxy) is 1. The Labute approximate surface area is 160 Å². The zero-order chi connectivity index (χ0) is 21.3. The van der Waals surface area contributed by atoms with Crippen molar-refractivity contribution in [3.05, 3.63) is 47.5 Å². The Morgan fingerprint density at radius 2 is 1.86 bits per heavy atom. The standard InChI is InChI=1S/C18H20F2O7S/c1-17(2,23)10-11-6-7-14-12(8-11)4-3-5-13(14)9-15(21)27-16(22)18(19,20)28(24,25)26/h3-8,16,22-23H,9-10H2,1-2H3,(H,24,25,26). The number of rotatable bonds is 7. The zero-order valence-electron chi connectivity index (χ0n) is 15.1. The number of halogens is 2. The second kappa shape index (κ2) is 7.70. The lowest BCUT2D eigenvalue weighted by Gasteiger charge is -2.19. The van der Waals surface area contributed by atoms with Gasteiger partial charge in [0, 0.05) is 6.42 Å². The first kappa shape index (κ1) is 22.2.